The minimum atomic E-state index is -1.14. The number of amides is 6. The van der Waals surface area contributed by atoms with Crippen molar-refractivity contribution in [2.45, 2.75) is 104 Å². The lowest BCUT2D eigenvalue weighted by molar-refractivity contribution is -0.147. The predicted molar refractivity (Wildman–Crippen MR) is 224 cm³/mol. The number of benzene rings is 3. The SMILES string of the molecule is CC(C)C(NC(=O)OCC1c2ccccc2-c2ccccc21)C(=O)NC(CCCNC(N)=O)C(=O)Nc1ccc(CC(CC(C)(C)C(=O)O)NC(=O)OC(C)(C)C)cc1. The van der Waals surface area contributed by atoms with E-state index in [2.05, 4.69) is 26.6 Å². The van der Waals surface area contributed by atoms with E-state index in [0.29, 0.717) is 12.1 Å². The van der Waals surface area contributed by atoms with Crippen molar-refractivity contribution in [3.8, 4) is 11.1 Å². The Labute approximate surface area is 345 Å². The number of hydrogen-bond acceptors (Lipinski definition) is 8. The highest BCUT2D eigenvalue weighted by Gasteiger charge is 2.34. The molecule has 3 unspecified atom stereocenters. The highest BCUT2D eigenvalue weighted by Crippen LogP contribution is 2.44. The van der Waals surface area contributed by atoms with Gasteiger partial charge >= 0.3 is 24.2 Å². The van der Waals surface area contributed by atoms with Gasteiger partial charge in [0.2, 0.25) is 11.8 Å². The van der Waals surface area contributed by atoms with Crippen molar-refractivity contribution in [2.24, 2.45) is 17.1 Å². The molecule has 3 atom stereocenters. The Morgan fingerprint density at radius 2 is 1.37 bits per heavy atom. The van der Waals surface area contributed by atoms with Gasteiger partial charge in [0, 0.05) is 24.2 Å². The van der Waals surface area contributed by atoms with Crippen LogP contribution in [0.25, 0.3) is 11.1 Å². The molecular weight excluding hydrogens is 757 g/mol. The zero-order valence-electron chi connectivity index (χ0n) is 34.8. The summed E-state index contributed by atoms with van der Waals surface area (Å²) in [6.45, 7) is 12.1. The van der Waals surface area contributed by atoms with E-state index < -0.39 is 65.1 Å². The van der Waals surface area contributed by atoms with E-state index in [1.807, 2.05) is 48.5 Å². The number of rotatable bonds is 18. The van der Waals surface area contributed by atoms with E-state index in [4.69, 9.17) is 15.2 Å². The van der Waals surface area contributed by atoms with Gasteiger partial charge in [-0.05, 0) is 106 Å². The number of aliphatic carboxylic acids is 1. The zero-order chi connectivity index (χ0) is 43.5. The Bertz CT molecular complexity index is 1930. The summed E-state index contributed by atoms with van der Waals surface area (Å²) < 4.78 is 11.1. The van der Waals surface area contributed by atoms with Crippen LogP contribution in [0.15, 0.2) is 72.8 Å². The molecule has 0 aliphatic heterocycles. The molecule has 15 heteroatoms. The molecule has 0 saturated heterocycles. The number of fused-ring (bicyclic) bond motifs is 3. The maximum Gasteiger partial charge on any atom is 0.407 e. The molecule has 6 amide bonds. The first-order valence-corrected chi connectivity index (χ1v) is 19.8. The second kappa shape index (κ2) is 20.0. The summed E-state index contributed by atoms with van der Waals surface area (Å²) in [4.78, 5) is 76.4. The van der Waals surface area contributed by atoms with E-state index >= 15 is 0 Å². The monoisotopic (exact) mass is 814 g/mol. The Balaban J connectivity index is 1.42. The van der Waals surface area contributed by atoms with Crippen molar-refractivity contribution < 1.29 is 43.3 Å². The fourth-order valence-corrected chi connectivity index (χ4v) is 6.94. The topological polar surface area (TPSA) is 227 Å². The van der Waals surface area contributed by atoms with Crippen LogP contribution in [0.4, 0.5) is 20.1 Å². The van der Waals surface area contributed by atoms with Gasteiger partial charge in [-0.15, -0.1) is 0 Å². The van der Waals surface area contributed by atoms with Crippen LogP contribution in [0.2, 0.25) is 0 Å². The molecule has 0 fully saturated rings. The van der Waals surface area contributed by atoms with E-state index in [9.17, 15) is 33.9 Å². The first-order valence-electron chi connectivity index (χ1n) is 19.8. The van der Waals surface area contributed by atoms with Gasteiger partial charge in [0.1, 0.15) is 24.3 Å². The summed E-state index contributed by atoms with van der Waals surface area (Å²) >= 11 is 0. The van der Waals surface area contributed by atoms with E-state index in [-0.39, 0.29) is 44.2 Å². The largest absolute Gasteiger partial charge is 0.481 e. The summed E-state index contributed by atoms with van der Waals surface area (Å²) in [5.41, 5.74) is 8.76. The molecule has 0 saturated carbocycles. The summed E-state index contributed by atoms with van der Waals surface area (Å²) in [5.74, 6) is -2.69. The lowest BCUT2D eigenvalue weighted by Crippen LogP contribution is -2.54. The number of urea groups is 1. The van der Waals surface area contributed by atoms with Gasteiger partial charge in [-0.2, -0.15) is 0 Å². The molecular formula is C44H58N6O9. The van der Waals surface area contributed by atoms with Gasteiger partial charge in [-0.3, -0.25) is 14.4 Å². The van der Waals surface area contributed by atoms with Gasteiger partial charge < -0.3 is 46.9 Å². The molecule has 0 heterocycles. The van der Waals surface area contributed by atoms with Crippen LogP contribution < -0.4 is 32.3 Å². The Morgan fingerprint density at radius 3 is 1.92 bits per heavy atom. The molecule has 0 radical (unpaired) electrons. The van der Waals surface area contributed by atoms with Gasteiger partial charge in [-0.1, -0.05) is 74.5 Å². The highest BCUT2D eigenvalue weighted by atomic mass is 16.6. The molecule has 15 nitrogen and oxygen atoms in total. The minimum Gasteiger partial charge on any atom is -0.481 e. The number of carbonyl (C=O) groups excluding carboxylic acids is 5. The summed E-state index contributed by atoms with van der Waals surface area (Å²) in [6.07, 6.45) is -0.612. The Kier molecular flexibility index (Phi) is 15.5. The average molecular weight is 815 g/mol. The van der Waals surface area contributed by atoms with Crippen molar-refractivity contribution in [3.63, 3.8) is 0 Å². The quantitative estimate of drug-likeness (QED) is 0.0740. The number of primary amides is 1. The first kappa shape index (κ1) is 45.6. The number of carboxylic acid groups (broad SMARTS) is 1. The van der Waals surface area contributed by atoms with Crippen molar-refractivity contribution in [1.29, 1.82) is 0 Å². The van der Waals surface area contributed by atoms with Gasteiger partial charge in [0.15, 0.2) is 0 Å². The van der Waals surface area contributed by atoms with E-state index in [1.54, 1.807) is 72.7 Å². The third kappa shape index (κ3) is 13.5. The lowest BCUT2D eigenvalue weighted by atomic mass is 9.84. The maximum atomic E-state index is 13.7. The van der Waals surface area contributed by atoms with Crippen LogP contribution in [0, 0.1) is 11.3 Å². The smallest absolute Gasteiger partial charge is 0.407 e. The van der Waals surface area contributed by atoms with Crippen LogP contribution in [-0.2, 0) is 30.3 Å². The maximum absolute atomic E-state index is 13.7. The molecule has 0 bridgehead atoms. The molecule has 0 aromatic heterocycles. The van der Waals surface area contributed by atoms with Crippen LogP contribution in [0.3, 0.4) is 0 Å². The predicted octanol–water partition coefficient (Wildman–Crippen LogP) is 6.06. The number of hydrogen-bond donors (Lipinski definition) is 7. The zero-order valence-corrected chi connectivity index (χ0v) is 34.8. The van der Waals surface area contributed by atoms with E-state index in [1.165, 1.54) is 0 Å². The Hall–Kier alpha value is -6.12. The number of ether oxygens (including phenoxy) is 2. The van der Waals surface area contributed by atoms with Gasteiger partial charge in [0.05, 0.1) is 5.41 Å². The minimum absolute atomic E-state index is 0.0597. The lowest BCUT2D eigenvalue weighted by Gasteiger charge is -2.28. The van der Waals surface area contributed by atoms with Gasteiger partial charge in [-0.25, -0.2) is 14.4 Å². The number of alkyl carbamates (subject to hydrolysis) is 2. The first-order chi connectivity index (χ1) is 27.7. The van der Waals surface area contributed by atoms with Crippen LogP contribution >= 0.6 is 0 Å². The number of nitrogens with two attached hydrogens (primary N) is 1. The molecule has 1 aliphatic rings. The molecule has 3 aromatic rings. The summed E-state index contributed by atoms with van der Waals surface area (Å²) in [5, 5.41) is 23.3. The van der Waals surface area contributed by atoms with Crippen LogP contribution in [0.5, 0.6) is 0 Å². The molecule has 4 rings (SSSR count). The molecule has 3 aromatic carbocycles. The fraction of sp³-hybridized carbons (Fsp3) is 0.455. The number of nitrogens with one attached hydrogen (secondary N) is 5. The van der Waals surface area contributed by atoms with Gasteiger partial charge in [0.25, 0.3) is 0 Å². The second-order valence-electron chi connectivity index (χ2n) is 16.8. The third-order valence-corrected chi connectivity index (χ3v) is 9.93. The molecule has 1 aliphatic carbocycles. The molecule has 8 N–H and O–H groups in total. The van der Waals surface area contributed by atoms with Crippen molar-refractivity contribution in [3.05, 3.63) is 89.5 Å². The second-order valence-corrected chi connectivity index (χ2v) is 16.8. The average Bonchev–Trinajstić information content (AvgIpc) is 3.47. The van der Waals surface area contributed by atoms with Crippen LogP contribution in [-0.4, -0.2) is 78.0 Å². The third-order valence-electron chi connectivity index (χ3n) is 9.93. The summed E-state index contributed by atoms with van der Waals surface area (Å²) in [7, 11) is 0. The standard InChI is InChI=1S/C44H58N6O9/c1-26(2)36(50-41(56)58-25-34-32-15-10-8-13-30(32)31-14-9-11-16-33(31)34)38(52)49-35(17-12-22-46-40(45)55)37(51)47-28-20-18-27(19-21-28)23-29(24-44(6,7)39(53)54)48-42(57)59-43(3,4)5/h8-11,13-16,18-21,26,29,34-36H,12,17,22-25H2,1-7H3,(H,47,51)(H,48,57)(H,49,52)(H,50,56)(H,53,54)(H3,45,46,55). The number of carboxylic acids is 1. The summed E-state index contributed by atoms with van der Waals surface area (Å²) in [6, 6.07) is 19.3. The molecule has 0 spiro atoms. The highest BCUT2D eigenvalue weighted by molar-refractivity contribution is 5.98. The molecule has 318 valence electrons. The molecule has 59 heavy (non-hydrogen) atoms. The number of carbonyl (C=O) groups is 6. The normalized spacial score (nSPS) is 13.8. The number of anilines is 1. The van der Waals surface area contributed by atoms with E-state index in [0.717, 1.165) is 27.8 Å². The Morgan fingerprint density at radius 1 is 0.780 bits per heavy atom. The van der Waals surface area contributed by atoms with Crippen molar-refractivity contribution >= 4 is 41.7 Å². The van der Waals surface area contributed by atoms with Crippen molar-refractivity contribution in [1.82, 2.24) is 21.3 Å². The fourth-order valence-electron chi connectivity index (χ4n) is 6.94. The van der Waals surface area contributed by atoms with Crippen LogP contribution in [0.1, 0.15) is 90.3 Å². The van der Waals surface area contributed by atoms with Crippen molar-refractivity contribution in [2.75, 3.05) is 18.5 Å².